The number of hydrogen-bond acceptors (Lipinski definition) is 3. The Bertz CT molecular complexity index is 616. The minimum absolute atomic E-state index is 0.0310. The second-order valence-electron chi connectivity index (χ2n) is 5.51. The number of aromatic nitrogens is 3. The summed E-state index contributed by atoms with van der Waals surface area (Å²) in [4.78, 5) is 18.3. The topological polar surface area (TPSA) is 73.9 Å². The van der Waals surface area contributed by atoms with Gasteiger partial charge in [-0.05, 0) is 19.8 Å². The third-order valence-electron chi connectivity index (χ3n) is 4.03. The largest absolute Gasteiger partial charge is 0.338 e. The van der Waals surface area contributed by atoms with E-state index < -0.39 is 0 Å². The first-order valence-electron chi connectivity index (χ1n) is 7.78. The molecular weight excluding hydrogens is 278 g/mol. The van der Waals surface area contributed by atoms with Crippen molar-refractivity contribution in [3.8, 4) is 11.4 Å². The van der Waals surface area contributed by atoms with Crippen molar-refractivity contribution in [3.05, 3.63) is 36.2 Å². The Balaban J connectivity index is 1.63. The van der Waals surface area contributed by atoms with E-state index in [-0.39, 0.29) is 6.03 Å². The number of hydrogen-bond donors (Lipinski definition) is 2. The summed E-state index contributed by atoms with van der Waals surface area (Å²) >= 11 is 0. The SMILES string of the molecule is CCNC(=O)N1CCC(c2nc(-c3ccccc3)n[nH]2)CC1. The summed E-state index contributed by atoms with van der Waals surface area (Å²) in [6.07, 6.45) is 1.83. The highest BCUT2D eigenvalue weighted by atomic mass is 16.2. The van der Waals surface area contributed by atoms with Crippen molar-refractivity contribution in [2.45, 2.75) is 25.7 Å². The van der Waals surface area contributed by atoms with Crippen molar-refractivity contribution < 1.29 is 4.79 Å². The van der Waals surface area contributed by atoms with E-state index in [9.17, 15) is 4.79 Å². The van der Waals surface area contributed by atoms with E-state index in [2.05, 4.69) is 20.5 Å². The van der Waals surface area contributed by atoms with Gasteiger partial charge in [0.25, 0.3) is 0 Å². The number of carbonyl (C=O) groups excluding carboxylic acids is 1. The molecule has 0 bridgehead atoms. The maximum Gasteiger partial charge on any atom is 0.317 e. The normalized spacial score (nSPS) is 15.8. The predicted molar refractivity (Wildman–Crippen MR) is 84.4 cm³/mol. The Hall–Kier alpha value is -2.37. The van der Waals surface area contributed by atoms with Crippen LogP contribution in [0.25, 0.3) is 11.4 Å². The van der Waals surface area contributed by atoms with Gasteiger partial charge in [0, 0.05) is 31.1 Å². The number of amides is 2. The summed E-state index contributed by atoms with van der Waals surface area (Å²) in [6.45, 7) is 4.13. The van der Waals surface area contributed by atoms with E-state index in [1.807, 2.05) is 42.2 Å². The fraction of sp³-hybridized carbons (Fsp3) is 0.438. The summed E-state index contributed by atoms with van der Waals surface area (Å²) in [7, 11) is 0. The highest BCUT2D eigenvalue weighted by Crippen LogP contribution is 2.26. The number of likely N-dealkylation sites (tertiary alicyclic amines) is 1. The van der Waals surface area contributed by atoms with Crippen molar-refractivity contribution in [2.24, 2.45) is 0 Å². The molecule has 2 N–H and O–H groups in total. The summed E-state index contributed by atoms with van der Waals surface area (Å²) in [5.41, 5.74) is 1.02. The molecule has 0 atom stereocenters. The molecule has 0 spiro atoms. The Morgan fingerprint density at radius 2 is 2.05 bits per heavy atom. The van der Waals surface area contributed by atoms with Gasteiger partial charge in [-0.15, -0.1) is 0 Å². The number of aromatic amines is 1. The molecule has 0 saturated carbocycles. The van der Waals surface area contributed by atoms with E-state index in [0.717, 1.165) is 43.1 Å². The van der Waals surface area contributed by atoms with Crippen LogP contribution in [0.3, 0.4) is 0 Å². The quantitative estimate of drug-likeness (QED) is 0.914. The Labute approximate surface area is 129 Å². The van der Waals surface area contributed by atoms with Crippen molar-refractivity contribution >= 4 is 6.03 Å². The Morgan fingerprint density at radius 3 is 2.73 bits per heavy atom. The van der Waals surface area contributed by atoms with E-state index in [1.54, 1.807) is 0 Å². The fourth-order valence-electron chi connectivity index (χ4n) is 2.79. The number of nitrogens with zero attached hydrogens (tertiary/aromatic N) is 3. The van der Waals surface area contributed by atoms with Crippen LogP contribution in [0.2, 0.25) is 0 Å². The first kappa shape index (κ1) is 14.6. The minimum atomic E-state index is 0.0310. The van der Waals surface area contributed by atoms with Gasteiger partial charge in [-0.2, -0.15) is 5.10 Å². The second-order valence-corrected chi connectivity index (χ2v) is 5.51. The molecule has 0 unspecified atom stereocenters. The molecule has 0 radical (unpaired) electrons. The van der Waals surface area contributed by atoms with Gasteiger partial charge >= 0.3 is 6.03 Å². The van der Waals surface area contributed by atoms with E-state index in [0.29, 0.717) is 12.5 Å². The van der Waals surface area contributed by atoms with Crippen molar-refractivity contribution in [2.75, 3.05) is 19.6 Å². The Kier molecular flexibility index (Phi) is 4.37. The Morgan fingerprint density at radius 1 is 1.32 bits per heavy atom. The molecule has 2 aromatic rings. The van der Waals surface area contributed by atoms with Crippen LogP contribution in [0.15, 0.2) is 30.3 Å². The van der Waals surface area contributed by atoms with Gasteiger partial charge < -0.3 is 10.2 Å². The lowest BCUT2D eigenvalue weighted by atomic mass is 9.96. The summed E-state index contributed by atoms with van der Waals surface area (Å²) in [5, 5.41) is 10.2. The van der Waals surface area contributed by atoms with Crippen LogP contribution in [-0.2, 0) is 0 Å². The zero-order valence-electron chi connectivity index (χ0n) is 12.7. The molecule has 2 heterocycles. The highest BCUT2D eigenvalue weighted by Gasteiger charge is 2.25. The molecule has 3 rings (SSSR count). The molecule has 1 aromatic carbocycles. The van der Waals surface area contributed by atoms with Crippen LogP contribution in [0.4, 0.5) is 4.79 Å². The molecule has 116 valence electrons. The number of piperidine rings is 1. The molecule has 2 amide bonds. The van der Waals surface area contributed by atoms with E-state index in [4.69, 9.17) is 0 Å². The van der Waals surface area contributed by atoms with Crippen LogP contribution in [0.1, 0.15) is 31.5 Å². The number of H-pyrrole nitrogens is 1. The lowest BCUT2D eigenvalue weighted by Crippen LogP contribution is -2.44. The smallest absolute Gasteiger partial charge is 0.317 e. The van der Waals surface area contributed by atoms with E-state index >= 15 is 0 Å². The lowest BCUT2D eigenvalue weighted by molar-refractivity contribution is 0.181. The third-order valence-corrected chi connectivity index (χ3v) is 4.03. The summed E-state index contributed by atoms with van der Waals surface area (Å²) in [6, 6.07) is 9.99. The van der Waals surface area contributed by atoms with Crippen LogP contribution in [0, 0.1) is 0 Å². The molecule has 1 aliphatic rings. The maximum atomic E-state index is 11.8. The molecule has 1 fully saturated rings. The first-order valence-corrected chi connectivity index (χ1v) is 7.78. The number of nitrogens with one attached hydrogen (secondary N) is 2. The first-order chi connectivity index (χ1) is 10.8. The third kappa shape index (κ3) is 3.10. The van der Waals surface area contributed by atoms with Crippen LogP contribution in [0.5, 0.6) is 0 Å². The monoisotopic (exact) mass is 299 g/mol. The average Bonchev–Trinajstić information content (AvgIpc) is 3.06. The van der Waals surface area contributed by atoms with E-state index in [1.165, 1.54) is 0 Å². The predicted octanol–water partition coefficient (Wildman–Crippen LogP) is 2.38. The van der Waals surface area contributed by atoms with Crippen LogP contribution >= 0.6 is 0 Å². The molecule has 22 heavy (non-hydrogen) atoms. The summed E-state index contributed by atoms with van der Waals surface area (Å²) in [5.74, 6) is 2.01. The number of benzene rings is 1. The lowest BCUT2D eigenvalue weighted by Gasteiger charge is -2.30. The molecule has 1 saturated heterocycles. The number of rotatable bonds is 3. The highest BCUT2D eigenvalue weighted by molar-refractivity contribution is 5.74. The second kappa shape index (κ2) is 6.60. The number of carbonyl (C=O) groups is 1. The average molecular weight is 299 g/mol. The summed E-state index contributed by atoms with van der Waals surface area (Å²) < 4.78 is 0. The molecule has 6 heteroatoms. The van der Waals surface area contributed by atoms with Crippen molar-refractivity contribution in [1.82, 2.24) is 25.4 Å². The van der Waals surface area contributed by atoms with Crippen molar-refractivity contribution in [1.29, 1.82) is 0 Å². The van der Waals surface area contributed by atoms with Gasteiger partial charge in [-0.3, -0.25) is 5.10 Å². The standard InChI is InChI=1S/C16H21N5O/c1-2-17-16(22)21-10-8-13(9-11-21)15-18-14(19-20-15)12-6-4-3-5-7-12/h3-7,13H,2,8-11H2,1H3,(H,17,22)(H,18,19,20). The van der Waals surface area contributed by atoms with Gasteiger partial charge in [-0.25, -0.2) is 9.78 Å². The minimum Gasteiger partial charge on any atom is -0.338 e. The van der Waals surface area contributed by atoms with Gasteiger partial charge in [0.15, 0.2) is 5.82 Å². The van der Waals surface area contributed by atoms with Crippen molar-refractivity contribution in [3.63, 3.8) is 0 Å². The zero-order valence-corrected chi connectivity index (χ0v) is 12.7. The van der Waals surface area contributed by atoms with Gasteiger partial charge in [0.1, 0.15) is 5.82 Å². The molecule has 1 aliphatic heterocycles. The molecule has 1 aromatic heterocycles. The van der Waals surface area contributed by atoms with Crippen LogP contribution < -0.4 is 5.32 Å². The van der Waals surface area contributed by atoms with Crippen LogP contribution in [-0.4, -0.2) is 45.7 Å². The fourth-order valence-corrected chi connectivity index (χ4v) is 2.79. The molecule has 6 nitrogen and oxygen atoms in total. The van der Waals surface area contributed by atoms with Gasteiger partial charge in [-0.1, -0.05) is 30.3 Å². The van der Waals surface area contributed by atoms with Gasteiger partial charge in [0.2, 0.25) is 0 Å². The van der Waals surface area contributed by atoms with Gasteiger partial charge in [0.05, 0.1) is 0 Å². The maximum absolute atomic E-state index is 11.8. The number of urea groups is 1. The molecule has 0 aliphatic carbocycles. The zero-order chi connectivity index (χ0) is 15.4. The molecular formula is C16H21N5O.